The molecule has 1 unspecified atom stereocenters. The minimum atomic E-state index is -4.34. The van der Waals surface area contributed by atoms with E-state index < -0.39 is 11.7 Å². The number of benzene rings is 1. The van der Waals surface area contributed by atoms with Gasteiger partial charge in [0.15, 0.2) is 0 Å². The lowest BCUT2D eigenvalue weighted by atomic mass is 10.1. The largest absolute Gasteiger partial charge is 0.416 e. The van der Waals surface area contributed by atoms with Gasteiger partial charge in [0.1, 0.15) is 5.01 Å². The first-order valence-corrected chi connectivity index (χ1v) is 8.38. The van der Waals surface area contributed by atoms with Crippen molar-refractivity contribution >= 4 is 17.2 Å². The van der Waals surface area contributed by atoms with E-state index in [2.05, 4.69) is 4.98 Å². The highest BCUT2D eigenvalue weighted by atomic mass is 32.1. The van der Waals surface area contributed by atoms with E-state index in [1.54, 1.807) is 0 Å². The lowest BCUT2D eigenvalue weighted by molar-refractivity contribution is -0.137. The van der Waals surface area contributed by atoms with Gasteiger partial charge >= 0.3 is 6.18 Å². The zero-order valence-electron chi connectivity index (χ0n) is 12.7. The molecular weight excluding hydrogens is 339 g/mol. The third kappa shape index (κ3) is 3.59. The first kappa shape index (κ1) is 16.9. The van der Waals surface area contributed by atoms with Crippen molar-refractivity contribution in [3.8, 4) is 11.3 Å². The van der Waals surface area contributed by atoms with E-state index in [0.29, 0.717) is 17.8 Å². The van der Waals surface area contributed by atoms with Crippen molar-refractivity contribution in [1.82, 2.24) is 9.88 Å². The fourth-order valence-corrected chi connectivity index (χ4v) is 3.69. The van der Waals surface area contributed by atoms with Crippen molar-refractivity contribution in [1.29, 1.82) is 0 Å². The van der Waals surface area contributed by atoms with Gasteiger partial charge in [-0.2, -0.15) is 13.2 Å². The molecule has 2 N–H and O–H groups in total. The molecule has 1 saturated heterocycles. The average molecular weight is 355 g/mol. The molecule has 0 saturated carbocycles. The van der Waals surface area contributed by atoms with E-state index in [-0.39, 0.29) is 11.9 Å². The van der Waals surface area contributed by atoms with E-state index in [4.69, 9.17) is 5.73 Å². The second kappa shape index (κ2) is 6.52. The number of alkyl halides is 3. The molecule has 3 rings (SSSR count). The Bertz CT molecular complexity index is 727. The highest BCUT2D eigenvalue weighted by molar-refractivity contribution is 7.09. The normalized spacial score (nSPS) is 18.9. The summed E-state index contributed by atoms with van der Waals surface area (Å²) in [5.41, 5.74) is 6.00. The summed E-state index contributed by atoms with van der Waals surface area (Å²) in [5.74, 6) is -0.327. The summed E-state index contributed by atoms with van der Waals surface area (Å²) in [7, 11) is 0. The van der Waals surface area contributed by atoms with Crippen LogP contribution in [0.2, 0.25) is 0 Å². The van der Waals surface area contributed by atoms with Crippen LogP contribution in [0.3, 0.4) is 0 Å². The van der Waals surface area contributed by atoms with Crippen LogP contribution in [0, 0.1) is 0 Å². The van der Waals surface area contributed by atoms with Crippen molar-refractivity contribution in [2.45, 2.75) is 31.6 Å². The van der Waals surface area contributed by atoms with Crippen LogP contribution in [-0.4, -0.2) is 28.4 Å². The van der Waals surface area contributed by atoms with E-state index in [1.807, 2.05) is 10.3 Å². The van der Waals surface area contributed by atoms with Crippen LogP contribution in [0.4, 0.5) is 13.2 Å². The van der Waals surface area contributed by atoms with Crippen LogP contribution in [-0.2, 0) is 17.5 Å². The standard InChI is InChI=1S/C16H16F3N3OS/c17-16(18,19)11-5-3-10(4-6-11)12-9-24-14(21-12)8-22-7-1-2-13(22)15(20)23/h3-6,9,13H,1-2,7-8H2,(H2,20,23). The van der Waals surface area contributed by atoms with Crippen LogP contribution in [0.25, 0.3) is 11.3 Å². The number of carbonyl (C=O) groups is 1. The monoisotopic (exact) mass is 355 g/mol. The first-order valence-electron chi connectivity index (χ1n) is 7.50. The van der Waals surface area contributed by atoms with Gasteiger partial charge in [0.2, 0.25) is 5.91 Å². The molecule has 1 atom stereocenters. The number of carbonyl (C=O) groups excluding carboxylic acids is 1. The van der Waals surface area contributed by atoms with Crippen molar-refractivity contribution in [2.75, 3.05) is 6.54 Å². The quantitative estimate of drug-likeness (QED) is 0.916. The van der Waals surface area contributed by atoms with Gasteiger partial charge < -0.3 is 5.73 Å². The molecule has 1 aromatic heterocycles. The van der Waals surface area contributed by atoms with Crippen molar-refractivity contribution in [2.24, 2.45) is 5.73 Å². The number of rotatable bonds is 4. The molecule has 2 heterocycles. The van der Waals surface area contributed by atoms with E-state index in [9.17, 15) is 18.0 Å². The Morgan fingerprint density at radius 3 is 2.67 bits per heavy atom. The molecule has 8 heteroatoms. The molecule has 1 aromatic carbocycles. The molecule has 2 aromatic rings. The predicted octanol–water partition coefficient (Wildman–Crippen LogP) is 3.28. The van der Waals surface area contributed by atoms with Gasteiger partial charge in [-0.15, -0.1) is 11.3 Å². The van der Waals surface area contributed by atoms with Gasteiger partial charge in [0.05, 0.1) is 23.8 Å². The average Bonchev–Trinajstić information content (AvgIpc) is 3.16. The predicted molar refractivity (Wildman–Crippen MR) is 85.2 cm³/mol. The van der Waals surface area contributed by atoms with Gasteiger partial charge in [-0.05, 0) is 31.5 Å². The summed E-state index contributed by atoms with van der Waals surface area (Å²) in [6.07, 6.45) is -2.66. The first-order chi connectivity index (χ1) is 11.3. The SMILES string of the molecule is NC(=O)C1CCCN1Cc1nc(-c2ccc(C(F)(F)F)cc2)cs1. The number of amides is 1. The van der Waals surface area contributed by atoms with Gasteiger partial charge in [-0.25, -0.2) is 4.98 Å². The zero-order chi connectivity index (χ0) is 17.3. The summed E-state index contributed by atoms with van der Waals surface area (Å²) in [6.45, 7) is 1.32. The van der Waals surface area contributed by atoms with Crippen molar-refractivity contribution in [3.63, 3.8) is 0 Å². The number of thiazole rings is 1. The number of nitrogens with zero attached hydrogens (tertiary/aromatic N) is 2. The number of halogens is 3. The minimum Gasteiger partial charge on any atom is -0.368 e. The van der Waals surface area contributed by atoms with Crippen molar-refractivity contribution in [3.05, 3.63) is 40.2 Å². The molecule has 4 nitrogen and oxygen atoms in total. The number of hydrogen-bond donors (Lipinski definition) is 1. The van der Waals surface area contributed by atoms with E-state index in [0.717, 1.165) is 36.5 Å². The van der Waals surface area contributed by atoms with Crippen LogP contribution in [0.5, 0.6) is 0 Å². The molecule has 1 aliphatic rings. The lowest BCUT2D eigenvalue weighted by Crippen LogP contribution is -2.39. The Hall–Kier alpha value is -1.93. The topological polar surface area (TPSA) is 59.2 Å². The van der Waals surface area contributed by atoms with Gasteiger partial charge in [-0.3, -0.25) is 9.69 Å². The van der Waals surface area contributed by atoms with Crippen LogP contribution in [0.15, 0.2) is 29.6 Å². The number of aromatic nitrogens is 1. The van der Waals surface area contributed by atoms with Crippen LogP contribution >= 0.6 is 11.3 Å². The Labute approximate surface area is 141 Å². The Morgan fingerprint density at radius 1 is 1.33 bits per heavy atom. The highest BCUT2D eigenvalue weighted by Crippen LogP contribution is 2.31. The van der Waals surface area contributed by atoms with Crippen LogP contribution < -0.4 is 5.73 Å². The van der Waals surface area contributed by atoms with Gasteiger partial charge in [-0.1, -0.05) is 12.1 Å². The molecule has 1 aliphatic heterocycles. The minimum absolute atomic E-state index is 0.261. The fraction of sp³-hybridized carbons (Fsp3) is 0.375. The molecular formula is C16H16F3N3OS. The van der Waals surface area contributed by atoms with E-state index >= 15 is 0 Å². The third-order valence-electron chi connectivity index (χ3n) is 4.09. The Kier molecular flexibility index (Phi) is 4.60. The summed E-state index contributed by atoms with van der Waals surface area (Å²) >= 11 is 1.43. The molecule has 128 valence electrons. The zero-order valence-corrected chi connectivity index (χ0v) is 13.5. The molecule has 1 fully saturated rings. The van der Waals surface area contributed by atoms with Crippen molar-refractivity contribution < 1.29 is 18.0 Å². The second-order valence-electron chi connectivity index (χ2n) is 5.73. The highest BCUT2D eigenvalue weighted by Gasteiger charge is 2.31. The Morgan fingerprint density at radius 2 is 2.04 bits per heavy atom. The second-order valence-corrected chi connectivity index (χ2v) is 6.68. The van der Waals surface area contributed by atoms with Gasteiger partial charge in [0, 0.05) is 10.9 Å². The van der Waals surface area contributed by atoms with Crippen LogP contribution in [0.1, 0.15) is 23.4 Å². The summed E-state index contributed by atoms with van der Waals surface area (Å²) < 4.78 is 37.8. The lowest BCUT2D eigenvalue weighted by Gasteiger charge is -2.20. The number of likely N-dealkylation sites (tertiary alicyclic amines) is 1. The van der Waals surface area contributed by atoms with Gasteiger partial charge in [0.25, 0.3) is 0 Å². The summed E-state index contributed by atoms with van der Waals surface area (Å²) in [5, 5.41) is 2.63. The number of hydrogen-bond acceptors (Lipinski definition) is 4. The molecule has 0 bridgehead atoms. The molecule has 0 aliphatic carbocycles. The molecule has 1 amide bonds. The number of nitrogens with two attached hydrogens (primary N) is 1. The Balaban J connectivity index is 1.72. The maximum Gasteiger partial charge on any atom is 0.416 e. The molecule has 0 radical (unpaired) electrons. The maximum atomic E-state index is 12.6. The summed E-state index contributed by atoms with van der Waals surface area (Å²) in [4.78, 5) is 17.9. The fourth-order valence-electron chi connectivity index (χ4n) is 2.86. The van der Waals surface area contributed by atoms with E-state index in [1.165, 1.54) is 23.5 Å². The summed E-state index contributed by atoms with van der Waals surface area (Å²) in [6, 6.07) is 4.69. The smallest absolute Gasteiger partial charge is 0.368 e. The molecule has 0 spiro atoms. The third-order valence-corrected chi connectivity index (χ3v) is 4.92. The molecule has 24 heavy (non-hydrogen) atoms. The maximum absolute atomic E-state index is 12.6. The number of primary amides is 1.